The number of thiazole rings is 1. The van der Waals surface area contributed by atoms with E-state index in [2.05, 4.69) is 30.5 Å². The van der Waals surface area contributed by atoms with Crippen molar-refractivity contribution < 1.29 is 4.79 Å². The first-order chi connectivity index (χ1) is 13.7. The number of aromatic nitrogens is 6. The largest absolute Gasteiger partial charge is 0.353 e. The maximum absolute atomic E-state index is 12.8. The number of nitrogens with one attached hydrogen (secondary N) is 1. The Bertz CT molecular complexity index is 1130. The van der Waals surface area contributed by atoms with Crippen molar-refractivity contribution in [1.82, 2.24) is 34.7 Å². The molecule has 1 aliphatic rings. The Hall–Kier alpha value is -3.27. The zero-order valence-corrected chi connectivity index (χ0v) is 16.0. The molecule has 0 unspecified atom stereocenters. The van der Waals surface area contributed by atoms with E-state index in [9.17, 15) is 4.79 Å². The van der Waals surface area contributed by atoms with E-state index in [1.165, 1.54) is 11.3 Å². The molecule has 1 fully saturated rings. The fraction of sp³-hybridized carbons (Fsp3) is 0.278. The summed E-state index contributed by atoms with van der Waals surface area (Å²) in [7, 11) is 0. The molecule has 0 saturated carbocycles. The average Bonchev–Trinajstić information content (AvgIpc) is 3.47. The molecule has 9 nitrogen and oxygen atoms in total. The molecule has 0 aromatic carbocycles. The van der Waals surface area contributed by atoms with E-state index in [4.69, 9.17) is 0 Å². The van der Waals surface area contributed by atoms with E-state index in [0.29, 0.717) is 17.1 Å². The lowest BCUT2D eigenvalue weighted by Crippen LogP contribution is -2.37. The third-order valence-electron chi connectivity index (χ3n) is 4.81. The Morgan fingerprint density at radius 1 is 1.29 bits per heavy atom. The predicted octanol–water partition coefficient (Wildman–Crippen LogP) is 1.69. The summed E-state index contributed by atoms with van der Waals surface area (Å²) < 4.78 is 3.57. The second-order valence-corrected chi connectivity index (χ2v) is 7.71. The third-order valence-corrected chi connectivity index (χ3v) is 5.98. The minimum absolute atomic E-state index is 0.0672. The van der Waals surface area contributed by atoms with Crippen LogP contribution in [-0.4, -0.2) is 54.4 Å². The van der Waals surface area contributed by atoms with Gasteiger partial charge in [0, 0.05) is 31.5 Å². The number of amides is 1. The van der Waals surface area contributed by atoms with Gasteiger partial charge in [0.05, 0.1) is 5.69 Å². The molecule has 0 bridgehead atoms. The van der Waals surface area contributed by atoms with Crippen molar-refractivity contribution in [3.63, 3.8) is 0 Å². The second kappa shape index (κ2) is 6.71. The van der Waals surface area contributed by atoms with Crippen LogP contribution < -0.4 is 10.2 Å². The Morgan fingerprint density at radius 2 is 2.14 bits per heavy atom. The molecule has 0 aliphatic carbocycles. The zero-order valence-electron chi connectivity index (χ0n) is 15.2. The standard InChI is InChI=1S/C18H18N8OS/c1-12-16(28-18(20-12)24-7-2-3-8-24)17(27)21-13-6-9-25(10-13)15-5-4-14-22-19-11-26(14)23-15/h2-5,7-8,11,13H,6,9-10H2,1H3,(H,21,27)/t13-/m1/s1. The monoisotopic (exact) mass is 394 g/mol. The molecule has 4 aromatic rings. The average molecular weight is 394 g/mol. The van der Waals surface area contributed by atoms with Crippen LogP contribution in [-0.2, 0) is 0 Å². The van der Waals surface area contributed by atoms with Gasteiger partial charge in [-0.3, -0.25) is 4.79 Å². The van der Waals surface area contributed by atoms with Crippen LogP contribution in [0.3, 0.4) is 0 Å². The maximum atomic E-state index is 12.8. The fourth-order valence-corrected chi connectivity index (χ4v) is 4.33. The van der Waals surface area contributed by atoms with Crippen molar-refractivity contribution in [2.75, 3.05) is 18.0 Å². The summed E-state index contributed by atoms with van der Waals surface area (Å²) in [6, 6.07) is 7.78. The summed E-state index contributed by atoms with van der Waals surface area (Å²) >= 11 is 1.40. The summed E-state index contributed by atoms with van der Waals surface area (Å²) in [5.41, 5.74) is 1.47. The zero-order chi connectivity index (χ0) is 19.1. The number of carbonyl (C=O) groups excluding carboxylic acids is 1. The van der Waals surface area contributed by atoms with Gasteiger partial charge in [-0.15, -0.1) is 15.3 Å². The molecular weight excluding hydrogens is 376 g/mol. The molecule has 1 amide bonds. The highest BCUT2D eigenvalue weighted by atomic mass is 32.1. The molecular formula is C18H18N8OS. The topological polar surface area (TPSA) is 93.2 Å². The maximum Gasteiger partial charge on any atom is 0.263 e. The molecule has 1 N–H and O–H groups in total. The van der Waals surface area contributed by atoms with Crippen LogP contribution in [0.2, 0.25) is 0 Å². The van der Waals surface area contributed by atoms with Crippen LogP contribution in [0.15, 0.2) is 43.0 Å². The van der Waals surface area contributed by atoms with Gasteiger partial charge < -0.3 is 14.8 Å². The molecule has 4 aromatic heterocycles. The molecule has 0 spiro atoms. The van der Waals surface area contributed by atoms with E-state index in [1.807, 2.05) is 48.1 Å². The lowest BCUT2D eigenvalue weighted by Gasteiger charge is -2.17. The lowest BCUT2D eigenvalue weighted by atomic mass is 10.2. The number of anilines is 1. The van der Waals surface area contributed by atoms with Gasteiger partial charge in [0.1, 0.15) is 17.0 Å². The number of nitrogens with zero attached hydrogens (tertiary/aromatic N) is 7. The van der Waals surface area contributed by atoms with Crippen molar-refractivity contribution in [2.45, 2.75) is 19.4 Å². The van der Waals surface area contributed by atoms with Crippen LogP contribution in [0.4, 0.5) is 5.82 Å². The van der Waals surface area contributed by atoms with Gasteiger partial charge in [-0.1, -0.05) is 11.3 Å². The minimum atomic E-state index is -0.0672. The van der Waals surface area contributed by atoms with Gasteiger partial charge in [-0.2, -0.15) is 4.52 Å². The van der Waals surface area contributed by atoms with E-state index < -0.39 is 0 Å². The molecule has 5 heterocycles. The van der Waals surface area contributed by atoms with E-state index in [0.717, 1.165) is 29.6 Å². The van der Waals surface area contributed by atoms with E-state index >= 15 is 0 Å². The summed E-state index contributed by atoms with van der Waals surface area (Å²) in [5.74, 6) is 0.787. The summed E-state index contributed by atoms with van der Waals surface area (Å²) in [6.45, 7) is 3.42. The molecule has 142 valence electrons. The molecule has 0 radical (unpaired) electrons. The van der Waals surface area contributed by atoms with E-state index in [-0.39, 0.29) is 11.9 Å². The van der Waals surface area contributed by atoms with Gasteiger partial charge in [-0.05, 0) is 37.6 Å². The van der Waals surface area contributed by atoms with E-state index in [1.54, 1.807) is 10.8 Å². The molecule has 1 saturated heterocycles. The van der Waals surface area contributed by atoms with Crippen LogP contribution in [0.25, 0.3) is 10.8 Å². The molecule has 28 heavy (non-hydrogen) atoms. The Balaban J connectivity index is 1.27. The van der Waals surface area contributed by atoms with Crippen LogP contribution >= 0.6 is 11.3 Å². The molecule has 1 aliphatic heterocycles. The minimum Gasteiger partial charge on any atom is -0.353 e. The van der Waals surface area contributed by atoms with Crippen molar-refractivity contribution in [3.8, 4) is 5.13 Å². The molecule has 10 heteroatoms. The SMILES string of the molecule is Cc1nc(-n2cccc2)sc1C(=O)N[C@@H]1CCN(c2ccc3nncn3n2)C1. The van der Waals surface area contributed by atoms with Crippen molar-refractivity contribution in [2.24, 2.45) is 0 Å². The first-order valence-corrected chi connectivity index (χ1v) is 9.83. The van der Waals surface area contributed by atoms with Crippen molar-refractivity contribution in [3.05, 3.63) is 53.6 Å². The summed E-state index contributed by atoms with van der Waals surface area (Å²) in [5, 5.41) is 16.3. The smallest absolute Gasteiger partial charge is 0.263 e. The van der Waals surface area contributed by atoms with Crippen molar-refractivity contribution >= 4 is 28.7 Å². The number of carbonyl (C=O) groups is 1. The Morgan fingerprint density at radius 3 is 3.00 bits per heavy atom. The summed E-state index contributed by atoms with van der Waals surface area (Å²) in [6.07, 6.45) is 6.31. The highest BCUT2D eigenvalue weighted by molar-refractivity contribution is 7.16. The van der Waals surface area contributed by atoms with Gasteiger partial charge in [-0.25, -0.2) is 4.98 Å². The van der Waals surface area contributed by atoms with Crippen molar-refractivity contribution in [1.29, 1.82) is 0 Å². The second-order valence-electron chi connectivity index (χ2n) is 6.73. The third kappa shape index (κ3) is 3.01. The van der Waals surface area contributed by atoms with Gasteiger partial charge in [0.15, 0.2) is 10.8 Å². The van der Waals surface area contributed by atoms with Gasteiger partial charge in [0.25, 0.3) is 5.91 Å². The normalized spacial score (nSPS) is 16.8. The van der Waals surface area contributed by atoms with Gasteiger partial charge in [0.2, 0.25) is 0 Å². The highest BCUT2D eigenvalue weighted by Crippen LogP contribution is 2.23. The van der Waals surface area contributed by atoms with Crippen LogP contribution in [0, 0.1) is 6.92 Å². The van der Waals surface area contributed by atoms with Crippen LogP contribution in [0.1, 0.15) is 21.8 Å². The Kier molecular flexibility index (Phi) is 4.05. The number of hydrogen-bond donors (Lipinski definition) is 1. The fourth-order valence-electron chi connectivity index (χ4n) is 3.39. The first-order valence-electron chi connectivity index (χ1n) is 9.01. The Labute approximate surface area is 164 Å². The highest BCUT2D eigenvalue weighted by Gasteiger charge is 2.27. The number of fused-ring (bicyclic) bond motifs is 1. The number of rotatable bonds is 4. The summed E-state index contributed by atoms with van der Waals surface area (Å²) in [4.78, 5) is 20.1. The van der Waals surface area contributed by atoms with Crippen LogP contribution in [0.5, 0.6) is 0 Å². The quantitative estimate of drug-likeness (QED) is 0.566. The lowest BCUT2D eigenvalue weighted by molar-refractivity contribution is 0.0943. The predicted molar refractivity (Wildman–Crippen MR) is 105 cm³/mol. The molecule has 1 atom stereocenters. The number of hydrogen-bond acceptors (Lipinski definition) is 7. The van der Waals surface area contributed by atoms with Gasteiger partial charge >= 0.3 is 0 Å². The molecule has 5 rings (SSSR count). The first kappa shape index (κ1) is 16.9. The number of aryl methyl sites for hydroxylation is 1.